The fourth-order valence-corrected chi connectivity index (χ4v) is 5.55. The Bertz CT molecular complexity index is 1490. The van der Waals surface area contributed by atoms with Gasteiger partial charge in [-0.15, -0.1) is 0 Å². The molecular weight excluding hydrogens is 546 g/mol. The predicted molar refractivity (Wildman–Crippen MR) is 168 cm³/mol. The van der Waals surface area contributed by atoms with E-state index in [0.717, 1.165) is 47.1 Å². The van der Waals surface area contributed by atoms with E-state index in [1.807, 2.05) is 42.5 Å². The predicted octanol–water partition coefficient (Wildman–Crippen LogP) is 5.15. The molecule has 3 aromatic carbocycles. The topological polar surface area (TPSA) is 115 Å². The number of rotatable bonds is 13. The molecule has 4 rings (SSSR count). The van der Waals surface area contributed by atoms with Crippen LogP contribution < -0.4 is 35.6 Å². The number of benzene rings is 2. The molecule has 0 fully saturated rings. The van der Waals surface area contributed by atoms with E-state index >= 15 is 0 Å². The molecule has 1 aliphatic rings. The number of amides is 2. The molecular formula is C34H41N3O6. The summed E-state index contributed by atoms with van der Waals surface area (Å²) < 4.78 is 17.1. The van der Waals surface area contributed by atoms with Gasteiger partial charge in [0, 0.05) is 32.0 Å². The lowest BCUT2D eigenvalue weighted by atomic mass is 9.95. The molecule has 9 nitrogen and oxygen atoms in total. The van der Waals surface area contributed by atoms with Gasteiger partial charge in [-0.1, -0.05) is 42.8 Å². The summed E-state index contributed by atoms with van der Waals surface area (Å²) in [6, 6.07) is 16.7. The van der Waals surface area contributed by atoms with E-state index in [1.165, 1.54) is 6.92 Å². The van der Waals surface area contributed by atoms with Crippen molar-refractivity contribution in [2.45, 2.75) is 58.0 Å². The van der Waals surface area contributed by atoms with E-state index in [1.54, 1.807) is 33.5 Å². The summed E-state index contributed by atoms with van der Waals surface area (Å²) in [5.74, 6) is 1.40. The second-order valence-corrected chi connectivity index (χ2v) is 10.6. The van der Waals surface area contributed by atoms with Crippen molar-refractivity contribution in [2.75, 3.05) is 33.2 Å². The Morgan fingerprint density at radius 1 is 0.907 bits per heavy atom. The third-order valence-electron chi connectivity index (χ3n) is 7.64. The van der Waals surface area contributed by atoms with Crippen LogP contribution in [0.5, 0.6) is 17.2 Å². The van der Waals surface area contributed by atoms with Gasteiger partial charge in [0.05, 0.1) is 33.1 Å². The Morgan fingerprint density at radius 2 is 1.67 bits per heavy atom. The molecule has 0 saturated heterocycles. The molecule has 0 bridgehead atoms. The fraction of sp³-hybridized carbons (Fsp3) is 0.382. The number of fused-ring (bicyclic) bond motifs is 3. The summed E-state index contributed by atoms with van der Waals surface area (Å²) in [5, 5.41) is 9.26. The van der Waals surface area contributed by atoms with Gasteiger partial charge in [0.25, 0.3) is 0 Å². The van der Waals surface area contributed by atoms with Crippen molar-refractivity contribution in [3.05, 3.63) is 81.5 Å². The van der Waals surface area contributed by atoms with Crippen LogP contribution in [-0.4, -0.2) is 39.7 Å². The van der Waals surface area contributed by atoms with Gasteiger partial charge in [0.15, 0.2) is 11.5 Å². The van der Waals surface area contributed by atoms with Gasteiger partial charge in [0.2, 0.25) is 23.0 Å². The van der Waals surface area contributed by atoms with Crippen LogP contribution in [0.1, 0.15) is 61.8 Å². The summed E-state index contributed by atoms with van der Waals surface area (Å²) in [6.45, 7) is 2.60. The highest BCUT2D eigenvalue weighted by Gasteiger charge is 2.29. The molecule has 1 atom stereocenters. The fourth-order valence-electron chi connectivity index (χ4n) is 5.55. The highest BCUT2D eigenvalue weighted by molar-refractivity contribution is 5.83. The van der Waals surface area contributed by atoms with E-state index in [2.05, 4.69) is 16.0 Å². The molecule has 43 heavy (non-hydrogen) atoms. The molecule has 0 saturated carbocycles. The van der Waals surface area contributed by atoms with Crippen molar-refractivity contribution in [3.63, 3.8) is 0 Å². The molecule has 1 unspecified atom stereocenters. The Hall–Kier alpha value is -4.53. The van der Waals surface area contributed by atoms with Crippen molar-refractivity contribution in [1.82, 2.24) is 10.6 Å². The first kappa shape index (κ1) is 31.4. The van der Waals surface area contributed by atoms with Crippen LogP contribution in [0.2, 0.25) is 0 Å². The first-order valence-corrected chi connectivity index (χ1v) is 14.7. The lowest BCUT2D eigenvalue weighted by Gasteiger charge is -2.19. The highest BCUT2D eigenvalue weighted by atomic mass is 16.5. The van der Waals surface area contributed by atoms with E-state index in [0.29, 0.717) is 55.3 Å². The van der Waals surface area contributed by atoms with Gasteiger partial charge in [0.1, 0.15) is 0 Å². The smallest absolute Gasteiger partial charge is 0.220 e. The number of carbonyl (C=O) groups is 2. The molecule has 228 valence electrons. The van der Waals surface area contributed by atoms with Crippen LogP contribution >= 0.6 is 0 Å². The first-order valence-electron chi connectivity index (χ1n) is 14.7. The third kappa shape index (κ3) is 7.85. The minimum atomic E-state index is -0.359. The van der Waals surface area contributed by atoms with Crippen LogP contribution in [0, 0.1) is 0 Å². The zero-order valence-electron chi connectivity index (χ0n) is 25.4. The average Bonchev–Trinajstić information content (AvgIpc) is 3.25. The van der Waals surface area contributed by atoms with Crippen LogP contribution in [0.25, 0.3) is 11.1 Å². The van der Waals surface area contributed by atoms with Crippen LogP contribution in [-0.2, 0) is 22.6 Å². The van der Waals surface area contributed by atoms with Gasteiger partial charge in [-0.3, -0.25) is 14.4 Å². The number of ether oxygens (including phenoxy) is 3. The lowest BCUT2D eigenvalue weighted by Crippen LogP contribution is -2.26. The molecule has 3 aromatic rings. The highest BCUT2D eigenvalue weighted by Crippen LogP contribution is 2.50. The van der Waals surface area contributed by atoms with E-state index in [-0.39, 0.29) is 23.3 Å². The summed E-state index contributed by atoms with van der Waals surface area (Å²) >= 11 is 0. The maximum atomic E-state index is 13.4. The largest absolute Gasteiger partial charge is 0.493 e. The maximum Gasteiger partial charge on any atom is 0.220 e. The van der Waals surface area contributed by atoms with Crippen molar-refractivity contribution in [1.29, 1.82) is 0 Å². The average molecular weight is 588 g/mol. The quantitative estimate of drug-likeness (QED) is 0.237. The van der Waals surface area contributed by atoms with E-state index in [4.69, 9.17) is 14.2 Å². The molecule has 9 heteroatoms. The Morgan fingerprint density at radius 3 is 2.37 bits per heavy atom. The first-order chi connectivity index (χ1) is 20.9. The Balaban J connectivity index is 1.49. The van der Waals surface area contributed by atoms with Crippen LogP contribution in [0.3, 0.4) is 0 Å². The molecule has 0 aliphatic heterocycles. The van der Waals surface area contributed by atoms with Gasteiger partial charge in [-0.05, 0) is 66.1 Å². The van der Waals surface area contributed by atoms with Gasteiger partial charge in [-0.2, -0.15) is 0 Å². The number of methoxy groups -OCH3 is 3. The standard InChI is InChI=1S/C34H41N3O6/c1-22(38)37-27-16-14-24-19-30(41-2)33(42-3)34(43-4)32(24)25-15-17-28(29(39)20-26(25)27)35-18-10-6-9-13-31(40)36-21-23-11-7-5-8-12-23/h5,7-8,11-12,15,17,19-20,27H,6,9-10,13-14,16,18,21H2,1-4H3,(H,35,39)(H,36,40)(H,37,38). The number of hydrogen-bond acceptors (Lipinski definition) is 7. The van der Waals surface area contributed by atoms with Crippen molar-refractivity contribution in [3.8, 4) is 28.4 Å². The Labute approximate surface area is 252 Å². The second kappa shape index (κ2) is 15.1. The van der Waals surface area contributed by atoms with Crippen molar-refractivity contribution < 1.29 is 23.8 Å². The van der Waals surface area contributed by atoms with Crippen molar-refractivity contribution in [2.24, 2.45) is 0 Å². The monoisotopic (exact) mass is 587 g/mol. The van der Waals surface area contributed by atoms with E-state index in [9.17, 15) is 14.4 Å². The molecule has 2 amide bonds. The normalized spacial score (nSPS) is 13.5. The summed E-state index contributed by atoms with van der Waals surface area (Å²) in [4.78, 5) is 37.7. The number of aryl methyl sites for hydroxylation is 1. The lowest BCUT2D eigenvalue weighted by molar-refractivity contribution is -0.121. The van der Waals surface area contributed by atoms with Crippen molar-refractivity contribution >= 4 is 17.5 Å². The second-order valence-electron chi connectivity index (χ2n) is 10.6. The van der Waals surface area contributed by atoms with Gasteiger partial charge < -0.3 is 30.2 Å². The van der Waals surface area contributed by atoms with Crippen LogP contribution in [0.4, 0.5) is 5.69 Å². The number of hydrogen-bond donors (Lipinski definition) is 3. The minimum absolute atomic E-state index is 0.0360. The zero-order valence-corrected chi connectivity index (χ0v) is 25.4. The Kier molecular flexibility index (Phi) is 11.0. The van der Waals surface area contributed by atoms with Gasteiger partial charge >= 0.3 is 0 Å². The number of unbranched alkanes of at least 4 members (excludes halogenated alkanes) is 2. The molecule has 3 N–H and O–H groups in total. The zero-order chi connectivity index (χ0) is 30.8. The number of anilines is 1. The third-order valence-corrected chi connectivity index (χ3v) is 7.64. The van der Waals surface area contributed by atoms with Crippen LogP contribution in [0.15, 0.2) is 59.4 Å². The number of nitrogens with one attached hydrogen (secondary N) is 3. The number of carbonyl (C=O) groups excluding carboxylic acids is 2. The molecule has 0 aromatic heterocycles. The summed E-state index contributed by atoms with van der Waals surface area (Å²) in [5.41, 5.74) is 4.68. The van der Waals surface area contributed by atoms with Gasteiger partial charge in [-0.25, -0.2) is 0 Å². The molecule has 0 spiro atoms. The molecule has 0 heterocycles. The summed E-state index contributed by atoms with van der Waals surface area (Å²) in [7, 11) is 4.72. The molecule has 1 aliphatic carbocycles. The SMILES string of the molecule is COc1cc2c(c(OC)c1OC)-c1ccc(NCCCCCC(=O)NCc3ccccc3)c(=O)cc1C(NC(C)=O)CC2. The maximum absolute atomic E-state index is 13.4. The van der Waals surface area contributed by atoms with E-state index < -0.39 is 0 Å². The minimum Gasteiger partial charge on any atom is -0.493 e. The molecule has 0 radical (unpaired) electrons. The summed E-state index contributed by atoms with van der Waals surface area (Å²) in [6.07, 6.45) is 4.14.